The Morgan fingerprint density at radius 3 is 2.59 bits per heavy atom. The van der Waals surface area contributed by atoms with E-state index < -0.39 is 0 Å². The zero-order chi connectivity index (χ0) is 20.3. The predicted octanol–water partition coefficient (Wildman–Crippen LogP) is 1.62. The average molecular weight is 406 g/mol. The van der Waals surface area contributed by atoms with Crippen molar-refractivity contribution in [1.82, 2.24) is 9.80 Å². The van der Waals surface area contributed by atoms with Crippen LogP contribution in [0.25, 0.3) is 0 Å². The normalized spacial score (nSPS) is 24.7. The van der Waals surface area contributed by atoms with E-state index >= 15 is 0 Å². The highest BCUT2D eigenvalue weighted by Gasteiger charge is 2.42. The SMILES string of the molecule is Cc1occc1C(=O)N1CCC2(CC1)CC(OCC(=O)N1CCOCC1)CCO2. The van der Waals surface area contributed by atoms with Crippen LogP contribution in [0.5, 0.6) is 0 Å². The van der Waals surface area contributed by atoms with E-state index in [1.54, 1.807) is 17.2 Å². The second-order valence-corrected chi connectivity index (χ2v) is 8.13. The molecular formula is C21H30N2O6. The second kappa shape index (κ2) is 8.85. The van der Waals surface area contributed by atoms with Crippen molar-refractivity contribution in [1.29, 1.82) is 0 Å². The number of ether oxygens (including phenoxy) is 3. The molecule has 29 heavy (non-hydrogen) atoms. The van der Waals surface area contributed by atoms with Crippen LogP contribution in [0, 0.1) is 6.92 Å². The van der Waals surface area contributed by atoms with Crippen LogP contribution in [0.4, 0.5) is 0 Å². The van der Waals surface area contributed by atoms with Gasteiger partial charge in [-0.1, -0.05) is 0 Å². The number of likely N-dealkylation sites (tertiary alicyclic amines) is 1. The van der Waals surface area contributed by atoms with Crippen LogP contribution in [0.1, 0.15) is 41.8 Å². The minimum atomic E-state index is -0.257. The second-order valence-electron chi connectivity index (χ2n) is 8.13. The van der Waals surface area contributed by atoms with Crippen molar-refractivity contribution in [2.24, 2.45) is 0 Å². The standard InChI is InChI=1S/C21H30N2O6/c1-16-18(3-10-27-16)20(25)23-6-4-21(5-7-23)14-17(2-11-29-21)28-15-19(24)22-8-12-26-13-9-22/h3,10,17H,2,4-9,11-15H2,1H3. The number of amides is 2. The molecule has 1 aromatic rings. The number of morpholine rings is 1. The molecule has 8 nitrogen and oxygen atoms in total. The summed E-state index contributed by atoms with van der Waals surface area (Å²) >= 11 is 0. The predicted molar refractivity (Wildman–Crippen MR) is 104 cm³/mol. The summed E-state index contributed by atoms with van der Waals surface area (Å²) in [5, 5.41) is 0. The van der Waals surface area contributed by atoms with E-state index in [1.807, 2.05) is 11.8 Å². The fourth-order valence-electron chi connectivity index (χ4n) is 4.46. The number of furan rings is 1. The van der Waals surface area contributed by atoms with Gasteiger partial charge < -0.3 is 28.4 Å². The van der Waals surface area contributed by atoms with Gasteiger partial charge >= 0.3 is 0 Å². The number of rotatable bonds is 4. The van der Waals surface area contributed by atoms with Gasteiger partial charge in [0.15, 0.2) is 0 Å². The number of piperidine rings is 1. The van der Waals surface area contributed by atoms with Crippen molar-refractivity contribution in [3.63, 3.8) is 0 Å². The van der Waals surface area contributed by atoms with E-state index in [2.05, 4.69) is 0 Å². The zero-order valence-corrected chi connectivity index (χ0v) is 17.1. The van der Waals surface area contributed by atoms with E-state index in [-0.39, 0.29) is 30.1 Å². The molecule has 3 aliphatic rings. The van der Waals surface area contributed by atoms with Gasteiger partial charge in [-0.15, -0.1) is 0 Å². The van der Waals surface area contributed by atoms with Gasteiger partial charge in [0, 0.05) is 39.2 Å². The Labute approximate surface area is 171 Å². The maximum Gasteiger partial charge on any atom is 0.257 e. The summed E-state index contributed by atoms with van der Waals surface area (Å²) in [6.45, 7) is 6.34. The molecule has 3 saturated heterocycles. The van der Waals surface area contributed by atoms with Crippen LogP contribution < -0.4 is 0 Å². The van der Waals surface area contributed by atoms with Crippen LogP contribution in [-0.2, 0) is 19.0 Å². The van der Waals surface area contributed by atoms with Gasteiger partial charge in [-0.05, 0) is 32.3 Å². The monoisotopic (exact) mass is 406 g/mol. The summed E-state index contributed by atoms with van der Waals surface area (Å²) in [6.07, 6.45) is 4.72. The Hall–Kier alpha value is -1.90. The summed E-state index contributed by atoms with van der Waals surface area (Å²) in [5.74, 6) is 0.707. The number of aryl methyl sites for hydroxylation is 1. The van der Waals surface area contributed by atoms with Crippen molar-refractivity contribution in [2.45, 2.75) is 44.3 Å². The minimum absolute atomic E-state index is 0.0193. The lowest BCUT2D eigenvalue weighted by Crippen LogP contribution is -2.52. The molecule has 160 valence electrons. The van der Waals surface area contributed by atoms with Crippen LogP contribution in [-0.4, -0.2) is 85.9 Å². The van der Waals surface area contributed by atoms with E-state index in [0.717, 1.165) is 25.7 Å². The van der Waals surface area contributed by atoms with Crippen LogP contribution >= 0.6 is 0 Å². The molecule has 4 rings (SSSR count). The van der Waals surface area contributed by atoms with Crippen molar-refractivity contribution < 1.29 is 28.2 Å². The van der Waals surface area contributed by atoms with Crippen LogP contribution in [0.2, 0.25) is 0 Å². The van der Waals surface area contributed by atoms with E-state index in [9.17, 15) is 9.59 Å². The molecular weight excluding hydrogens is 376 g/mol. The lowest BCUT2D eigenvalue weighted by atomic mass is 9.83. The van der Waals surface area contributed by atoms with Crippen LogP contribution in [0.3, 0.4) is 0 Å². The fourth-order valence-corrected chi connectivity index (χ4v) is 4.46. The minimum Gasteiger partial charge on any atom is -0.469 e. The van der Waals surface area contributed by atoms with Crippen LogP contribution in [0.15, 0.2) is 16.7 Å². The number of hydrogen-bond acceptors (Lipinski definition) is 6. The third kappa shape index (κ3) is 4.65. The molecule has 0 radical (unpaired) electrons. The molecule has 3 aliphatic heterocycles. The van der Waals surface area contributed by atoms with Gasteiger partial charge in [-0.3, -0.25) is 9.59 Å². The average Bonchev–Trinajstić information content (AvgIpc) is 3.19. The Bertz CT molecular complexity index is 719. The Morgan fingerprint density at radius 1 is 1.14 bits per heavy atom. The molecule has 1 aromatic heterocycles. The van der Waals surface area contributed by atoms with Crippen molar-refractivity contribution in [3.05, 3.63) is 23.7 Å². The lowest BCUT2D eigenvalue weighted by Gasteiger charge is -2.46. The van der Waals surface area contributed by atoms with Gasteiger partial charge in [0.2, 0.25) is 5.91 Å². The number of nitrogens with zero attached hydrogens (tertiary/aromatic N) is 2. The first-order chi connectivity index (χ1) is 14.1. The summed E-state index contributed by atoms with van der Waals surface area (Å²) in [5.41, 5.74) is 0.376. The molecule has 2 amide bonds. The highest BCUT2D eigenvalue weighted by atomic mass is 16.5. The molecule has 4 heterocycles. The first kappa shape index (κ1) is 20.4. The third-order valence-electron chi connectivity index (χ3n) is 6.31. The van der Waals surface area contributed by atoms with E-state index in [1.165, 1.54) is 0 Å². The Kier molecular flexibility index (Phi) is 6.22. The first-order valence-electron chi connectivity index (χ1n) is 10.5. The highest BCUT2D eigenvalue weighted by Crippen LogP contribution is 2.36. The highest BCUT2D eigenvalue weighted by molar-refractivity contribution is 5.95. The molecule has 0 aromatic carbocycles. The quantitative estimate of drug-likeness (QED) is 0.756. The summed E-state index contributed by atoms with van der Waals surface area (Å²) in [6, 6.07) is 1.73. The van der Waals surface area contributed by atoms with Crippen molar-refractivity contribution >= 4 is 11.8 Å². The topological polar surface area (TPSA) is 81.5 Å². The Morgan fingerprint density at radius 2 is 1.90 bits per heavy atom. The van der Waals surface area contributed by atoms with Gasteiger partial charge in [-0.25, -0.2) is 0 Å². The Balaban J connectivity index is 1.27. The summed E-state index contributed by atoms with van der Waals surface area (Å²) < 4.78 is 22.7. The van der Waals surface area contributed by atoms with Gasteiger partial charge in [0.05, 0.1) is 36.7 Å². The number of carbonyl (C=O) groups excluding carboxylic acids is 2. The molecule has 1 atom stereocenters. The molecule has 0 aliphatic carbocycles. The molecule has 0 N–H and O–H groups in total. The third-order valence-corrected chi connectivity index (χ3v) is 6.31. The maximum absolute atomic E-state index is 12.7. The van der Waals surface area contributed by atoms with Gasteiger partial charge in [-0.2, -0.15) is 0 Å². The fraction of sp³-hybridized carbons (Fsp3) is 0.714. The molecule has 1 spiro atoms. The largest absolute Gasteiger partial charge is 0.469 e. The number of hydrogen-bond donors (Lipinski definition) is 0. The molecule has 0 saturated carbocycles. The van der Waals surface area contributed by atoms with E-state index in [0.29, 0.717) is 57.3 Å². The van der Waals surface area contributed by atoms with Gasteiger partial charge in [0.1, 0.15) is 12.4 Å². The van der Waals surface area contributed by atoms with Crippen molar-refractivity contribution in [3.8, 4) is 0 Å². The van der Waals surface area contributed by atoms with Crippen molar-refractivity contribution in [2.75, 3.05) is 52.6 Å². The molecule has 8 heteroatoms. The zero-order valence-electron chi connectivity index (χ0n) is 17.1. The molecule has 1 unspecified atom stereocenters. The maximum atomic E-state index is 12.7. The molecule has 0 bridgehead atoms. The molecule has 3 fully saturated rings. The first-order valence-corrected chi connectivity index (χ1v) is 10.5. The summed E-state index contributed by atoms with van der Waals surface area (Å²) in [7, 11) is 0. The summed E-state index contributed by atoms with van der Waals surface area (Å²) in [4.78, 5) is 28.7. The number of carbonyl (C=O) groups is 2. The lowest BCUT2D eigenvalue weighted by molar-refractivity contribution is -0.163. The van der Waals surface area contributed by atoms with Gasteiger partial charge in [0.25, 0.3) is 5.91 Å². The van der Waals surface area contributed by atoms with E-state index in [4.69, 9.17) is 18.6 Å². The smallest absolute Gasteiger partial charge is 0.257 e.